The molecule has 1 fully saturated rings. The first kappa shape index (κ1) is 19.0. The maximum absolute atomic E-state index is 12.5. The molecular formula is C18H23N3O3S2. The van der Waals surface area contributed by atoms with Crippen molar-refractivity contribution >= 4 is 27.3 Å². The van der Waals surface area contributed by atoms with Gasteiger partial charge in [-0.1, -0.05) is 12.1 Å². The van der Waals surface area contributed by atoms with E-state index in [1.807, 2.05) is 24.4 Å². The second kappa shape index (κ2) is 8.30. The standard InChI is InChI=1S/C18H23N3O3S2/c1-13-17(8-3-9-19-13)21-18(22)14-5-2-7-16(11-14)26(23,24)20-12-15-6-4-10-25-15/h2,4-7,10-11,13,17,19-20H,3,8-9,12H2,1H3,(H,21,22). The lowest BCUT2D eigenvalue weighted by molar-refractivity contribution is 0.0919. The summed E-state index contributed by atoms with van der Waals surface area (Å²) >= 11 is 1.49. The zero-order valence-corrected chi connectivity index (χ0v) is 16.2. The molecule has 1 amide bonds. The number of hydrogen-bond acceptors (Lipinski definition) is 5. The Kier molecular flexibility index (Phi) is 6.08. The van der Waals surface area contributed by atoms with Crippen LogP contribution in [0.25, 0.3) is 0 Å². The normalized spacial score (nSPS) is 20.7. The van der Waals surface area contributed by atoms with E-state index in [-0.39, 0.29) is 29.4 Å². The maximum Gasteiger partial charge on any atom is 0.251 e. The number of rotatable bonds is 6. The van der Waals surface area contributed by atoms with Gasteiger partial charge < -0.3 is 10.6 Å². The van der Waals surface area contributed by atoms with E-state index >= 15 is 0 Å². The highest BCUT2D eigenvalue weighted by Crippen LogP contribution is 2.15. The van der Waals surface area contributed by atoms with Crippen LogP contribution in [0.3, 0.4) is 0 Å². The minimum absolute atomic E-state index is 0.0495. The molecular weight excluding hydrogens is 370 g/mol. The first-order valence-corrected chi connectivity index (χ1v) is 11.0. The number of benzene rings is 1. The van der Waals surface area contributed by atoms with Crippen molar-refractivity contribution in [2.45, 2.75) is 43.3 Å². The summed E-state index contributed by atoms with van der Waals surface area (Å²) < 4.78 is 27.6. The van der Waals surface area contributed by atoms with Gasteiger partial charge in [-0.25, -0.2) is 13.1 Å². The number of sulfonamides is 1. The smallest absolute Gasteiger partial charge is 0.251 e. The minimum Gasteiger partial charge on any atom is -0.348 e. The molecule has 3 rings (SSSR count). The minimum atomic E-state index is -3.67. The molecule has 2 aromatic rings. The summed E-state index contributed by atoms with van der Waals surface area (Å²) in [5, 5.41) is 8.24. The molecule has 0 radical (unpaired) electrons. The van der Waals surface area contributed by atoms with Crippen LogP contribution in [-0.4, -0.2) is 33.0 Å². The molecule has 0 bridgehead atoms. The lowest BCUT2D eigenvalue weighted by Crippen LogP contribution is -2.51. The lowest BCUT2D eigenvalue weighted by Gasteiger charge is -2.30. The van der Waals surface area contributed by atoms with Crippen LogP contribution in [0, 0.1) is 0 Å². The Balaban J connectivity index is 1.69. The largest absolute Gasteiger partial charge is 0.348 e. The Hall–Kier alpha value is -1.74. The van der Waals surface area contributed by atoms with Crippen molar-refractivity contribution in [2.24, 2.45) is 0 Å². The molecule has 2 atom stereocenters. The maximum atomic E-state index is 12.5. The first-order chi connectivity index (χ1) is 12.5. The zero-order valence-electron chi connectivity index (χ0n) is 14.6. The Morgan fingerprint density at radius 2 is 2.15 bits per heavy atom. The lowest BCUT2D eigenvalue weighted by atomic mass is 9.99. The second-order valence-corrected chi connectivity index (χ2v) is 9.20. The van der Waals surface area contributed by atoms with Gasteiger partial charge in [0.05, 0.1) is 4.90 Å². The van der Waals surface area contributed by atoms with Crippen LogP contribution in [0.4, 0.5) is 0 Å². The average Bonchev–Trinajstić information content (AvgIpc) is 3.16. The fourth-order valence-corrected chi connectivity index (χ4v) is 4.75. The monoisotopic (exact) mass is 393 g/mol. The van der Waals surface area contributed by atoms with Crippen LogP contribution in [0.2, 0.25) is 0 Å². The molecule has 140 valence electrons. The molecule has 2 heterocycles. The average molecular weight is 394 g/mol. The molecule has 2 unspecified atom stereocenters. The van der Waals surface area contributed by atoms with Gasteiger partial charge in [-0.3, -0.25) is 4.79 Å². The van der Waals surface area contributed by atoms with Gasteiger partial charge in [0.25, 0.3) is 5.91 Å². The van der Waals surface area contributed by atoms with Crippen molar-refractivity contribution in [3.05, 3.63) is 52.2 Å². The van der Waals surface area contributed by atoms with Gasteiger partial charge in [-0.2, -0.15) is 0 Å². The molecule has 0 aliphatic carbocycles. The van der Waals surface area contributed by atoms with Crippen molar-refractivity contribution in [1.82, 2.24) is 15.4 Å². The molecule has 8 heteroatoms. The van der Waals surface area contributed by atoms with Gasteiger partial charge in [0.15, 0.2) is 0 Å². The number of hydrogen-bond donors (Lipinski definition) is 3. The van der Waals surface area contributed by atoms with E-state index in [4.69, 9.17) is 0 Å². The zero-order chi connectivity index (χ0) is 18.6. The summed E-state index contributed by atoms with van der Waals surface area (Å²) in [6.07, 6.45) is 1.93. The predicted octanol–water partition coefficient (Wildman–Crippen LogP) is 2.10. The molecule has 3 N–H and O–H groups in total. The van der Waals surface area contributed by atoms with Crippen molar-refractivity contribution < 1.29 is 13.2 Å². The topological polar surface area (TPSA) is 87.3 Å². The first-order valence-electron chi connectivity index (χ1n) is 8.62. The molecule has 1 saturated heterocycles. The molecule has 6 nitrogen and oxygen atoms in total. The number of carbonyl (C=O) groups is 1. The number of amides is 1. The van der Waals surface area contributed by atoms with Gasteiger partial charge in [-0.05, 0) is 56.0 Å². The van der Waals surface area contributed by atoms with Crippen LogP contribution in [0.1, 0.15) is 35.0 Å². The van der Waals surface area contributed by atoms with E-state index in [1.54, 1.807) is 12.1 Å². The Labute approximate surface area is 158 Å². The fourth-order valence-electron chi connectivity index (χ4n) is 2.96. The van der Waals surface area contributed by atoms with Crippen LogP contribution in [-0.2, 0) is 16.6 Å². The highest BCUT2D eigenvalue weighted by molar-refractivity contribution is 7.89. The van der Waals surface area contributed by atoms with Gasteiger partial charge in [0, 0.05) is 29.1 Å². The molecule has 1 aromatic heterocycles. The highest BCUT2D eigenvalue weighted by atomic mass is 32.2. The molecule has 0 saturated carbocycles. The SMILES string of the molecule is CC1NCCCC1NC(=O)c1cccc(S(=O)(=O)NCc2cccs2)c1. The summed E-state index contributed by atoms with van der Waals surface area (Å²) in [4.78, 5) is 13.6. The molecule has 26 heavy (non-hydrogen) atoms. The molecule has 0 spiro atoms. The van der Waals surface area contributed by atoms with Gasteiger partial charge in [0.1, 0.15) is 0 Å². The van der Waals surface area contributed by atoms with Gasteiger partial charge in [0.2, 0.25) is 10.0 Å². The highest BCUT2D eigenvalue weighted by Gasteiger charge is 2.23. The third kappa shape index (κ3) is 4.70. The van der Waals surface area contributed by atoms with E-state index in [1.165, 1.54) is 23.5 Å². The van der Waals surface area contributed by atoms with Crippen molar-refractivity contribution in [2.75, 3.05) is 6.54 Å². The molecule has 1 aliphatic rings. The number of nitrogens with one attached hydrogen (secondary N) is 3. The molecule has 1 aromatic carbocycles. The second-order valence-electron chi connectivity index (χ2n) is 6.40. The quantitative estimate of drug-likeness (QED) is 0.701. The third-order valence-electron chi connectivity index (χ3n) is 4.50. The van der Waals surface area contributed by atoms with Crippen molar-refractivity contribution in [3.63, 3.8) is 0 Å². The number of piperidine rings is 1. The Morgan fingerprint density at radius 1 is 1.31 bits per heavy atom. The van der Waals surface area contributed by atoms with Crippen LogP contribution < -0.4 is 15.4 Å². The van der Waals surface area contributed by atoms with Gasteiger partial charge in [-0.15, -0.1) is 11.3 Å². The fraction of sp³-hybridized carbons (Fsp3) is 0.389. The van der Waals surface area contributed by atoms with Crippen LogP contribution in [0.15, 0.2) is 46.7 Å². The Morgan fingerprint density at radius 3 is 2.88 bits per heavy atom. The summed E-state index contributed by atoms with van der Waals surface area (Å²) in [5.41, 5.74) is 0.349. The predicted molar refractivity (Wildman–Crippen MR) is 103 cm³/mol. The van der Waals surface area contributed by atoms with Crippen LogP contribution in [0.5, 0.6) is 0 Å². The van der Waals surface area contributed by atoms with E-state index in [0.717, 1.165) is 24.3 Å². The van der Waals surface area contributed by atoms with E-state index in [0.29, 0.717) is 5.56 Å². The van der Waals surface area contributed by atoms with Crippen molar-refractivity contribution in [3.8, 4) is 0 Å². The van der Waals surface area contributed by atoms with E-state index in [2.05, 4.69) is 15.4 Å². The summed E-state index contributed by atoms with van der Waals surface area (Å²) in [5.74, 6) is -0.249. The number of thiophene rings is 1. The Bertz CT molecular complexity index is 850. The van der Waals surface area contributed by atoms with E-state index in [9.17, 15) is 13.2 Å². The van der Waals surface area contributed by atoms with E-state index < -0.39 is 10.0 Å². The summed E-state index contributed by atoms with van der Waals surface area (Å²) in [6, 6.07) is 10.1. The molecule has 1 aliphatic heterocycles. The third-order valence-corrected chi connectivity index (χ3v) is 6.78. The number of carbonyl (C=O) groups excluding carboxylic acids is 1. The summed E-state index contributed by atoms with van der Waals surface area (Å²) in [7, 11) is -3.67. The van der Waals surface area contributed by atoms with Crippen LogP contribution >= 0.6 is 11.3 Å². The van der Waals surface area contributed by atoms with Gasteiger partial charge >= 0.3 is 0 Å². The summed E-state index contributed by atoms with van der Waals surface area (Å²) in [6.45, 7) is 3.23. The van der Waals surface area contributed by atoms with Crippen molar-refractivity contribution in [1.29, 1.82) is 0 Å².